The lowest BCUT2D eigenvalue weighted by molar-refractivity contribution is 0.0141. The predicted molar refractivity (Wildman–Crippen MR) is 82.6 cm³/mol. The molecule has 3 atom stereocenters. The SMILES string of the molecule is CCCC1CN(C(C)CCOC)C(C(C)(C)C)CN1. The summed E-state index contributed by atoms with van der Waals surface area (Å²) in [5.74, 6) is 0. The third-order valence-corrected chi connectivity index (χ3v) is 4.37. The third kappa shape index (κ3) is 5.05. The Morgan fingerprint density at radius 1 is 1.37 bits per heavy atom. The molecule has 3 unspecified atom stereocenters. The molecular formula is C16H34N2O. The topological polar surface area (TPSA) is 24.5 Å². The van der Waals surface area contributed by atoms with E-state index in [1.807, 2.05) is 0 Å². The lowest BCUT2D eigenvalue weighted by atomic mass is 9.82. The Kier molecular flexibility index (Phi) is 6.78. The van der Waals surface area contributed by atoms with Gasteiger partial charge in [0.25, 0.3) is 0 Å². The van der Waals surface area contributed by atoms with E-state index in [0.717, 1.165) is 19.6 Å². The van der Waals surface area contributed by atoms with Gasteiger partial charge in [-0.1, -0.05) is 34.1 Å². The first-order valence-corrected chi connectivity index (χ1v) is 7.88. The number of nitrogens with zero attached hydrogens (tertiary/aromatic N) is 1. The molecule has 1 rings (SSSR count). The van der Waals surface area contributed by atoms with E-state index in [0.29, 0.717) is 23.5 Å². The van der Waals surface area contributed by atoms with Gasteiger partial charge in [0.1, 0.15) is 0 Å². The number of methoxy groups -OCH3 is 1. The van der Waals surface area contributed by atoms with Crippen LogP contribution >= 0.6 is 0 Å². The van der Waals surface area contributed by atoms with Gasteiger partial charge in [-0.05, 0) is 25.2 Å². The van der Waals surface area contributed by atoms with E-state index in [1.54, 1.807) is 7.11 Å². The van der Waals surface area contributed by atoms with Crippen LogP contribution in [0.2, 0.25) is 0 Å². The number of ether oxygens (including phenoxy) is 1. The Labute approximate surface area is 120 Å². The molecule has 0 spiro atoms. The second-order valence-electron chi connectivity index (χ2n) is 7.10. The summed E-state index contributed by atoms with van der Waals surface area (Å²) in [4.78, 5) is 2.72. The van der Waals surface area contributed by atoms with Crippen LogP contribution in [0.15, 0.2) is 0 Å². The molecule has 114 valence electrons. The Bertz CT molecular complexity index is 250. The Balaban J connectivity index is 2.70. The molecule has 1 N–H and O–H groups in total. The highest BCUT2D eigenvalue weighted by atomic mass is 16.5. The molecule has 0 amide bonds. The number of hydrogen-bond acceptors (Lipinski definition) is 3. The number of piperazine rings is 1. The maximum Gasteiger partial charge on any atom is 0.0477 e. The fourth-order valence-electron chi connectivity index (χ4n) is 3.13. The molecule has 1 saturated heterocycles. The van der Waals surface area contributed by atoms with Gasteiger partial charge >= 0.3 is 0 Å². The van der Waals surface area contributed by atoms with Crippen LogP contribution in [-0.2, 0) is 4.74 Å². The zero-order chi connectivity index (χ0) is 14.5. The maximum atomic E-state index is 5.26. The molecule has 19 heavy (non-hydrogen) atoms. The fraction of sp³-hybridized carbons (Fsp3) is 1.00. The minimum Gasteiger partial charge on any atom is -0.385 e. The van der Waals surface area contributed by atoms with Crippen LogP contribution in [0.4, 0.5) is 0 Å². The number of hydrogen-bond donors (Lipinski definition) is 1. The molecule has 0 aromatic rings. The monoisotopic (exact) mass is 270 g/mol. The van der Waals surface area contributed by atoms with Gasteiger partial charge in [0.2, 0.25) is 0 Å². The zero-order valence-electron chi connectivity index (χ0n) is 13.8. The molecule has 0 bridgehead atoms. The van der Waals surface area contributed by atoms with E-state index in [9.17, 15) is 0 Å². The summed E-state index contributed by atoms with van der Waals surface area (Å²) >= 11 is 0. The van der Waals surface area contributed by atoms with Crippen LogP contribution in [0, 0.1) is 5.41 Å². The van der Waals surface area contributed by atoms with Crippen molar-refractivity contribution in [1.82, 2.24) is 10.2 Å². The van der Waals surface area contributed by atoms with E-state index in [4.69, 9.17) is 4.74 Å². The molecule has 0 aromatic heterocycles. The van der Waals surface area contributed by atoms with Crippen molar-refractivity contribution in [3.8, 4) is 0 Å². The largest absolute Gasteiger partial charge is 0.385 e. The summed E-state index contributed by atoms with van der Waals surface area (Å²) in [6.45, 7) is 14.9. The molecule has 1 aliphatic rings. The Morgan fingerprint density at radius 2 is 2.05 bits per heavy atom. The fourth-order valence-corrected chi connectivity index (χ4v) is 3.13. The highest BCUT2D eigenvalue weighted by Crippen LogP contribution is 2.29. The minimum absolute atomic E-state index is 0.325. The van der Waals surface area contributed by atoms with E-state index < -0.39 is 0 Å². The van der Waals surface area contributed by atoms with Crippen LogP contribution in [0.3, 0.4) is 0 Å². The highest BCUT2D eigenvalue weighted by molar-refractivity contribution is 4.94. The number of rotatable bonds is 6. The normalized spacial score (nSPS) is 27.5. The first-order chi connectivity index (χ1) is 8.90. The van der Waals surface area contributed by atoms with Gasteiger partial charge in [0.15, 0.2) is 0 Å². The summed E-state index contributed by atoms with van der Waals surface area (Å²) in [5.41, 5.74) is 0.325. The van der Waals surface area contributed by atoms with Crippen molar-refractivity contribution in [3.63, 3.8) is 0 Å². The Morgan fingerprint density at radius 3 is 2.58 bits per heavy atom. The molecule has 0 radical (unpaired) electrons. The van der Waals surface area contributed by atoms with Gasteiger partial charge in [-0.15, -0.1) is 0 Å². The molecule has 3 heteroatoms. The molecule has 0 saturated carbocycles. The first kappa shape index (κ1) is 16.9. The number of nitrogens with one attached hydrogen (secondary N) is 1. The van der Waals surface area contributed by atoms with Gasteiger partial charge in [-0.3, -0.25) is 4.90 Å². The molecule has 1 fully saturated rings. The highest BCUT2D eigenvalue weighted by Gasteiger charge is 2.37. The average molecular weight is 270 g/mol. The molecule has 0 aromatic carbocycles. The van der Waals surface area contributed by atoms with Crippen molar-refractivity contribution in [2.45, 2.75) is 72.0 Å². The van der Waals surface area contributed by atoms with E-state index in [-0.39, 0.29) is 0 Å². The summed E-state index contributed by atoms with van der Waals surface area (Å²) < 4.78 is 5.26. The molecular weight excluding hydrogens is 236 g/mol. The Hall–Kier alpha value is -0.120. The summed E-state index contributed by atoms with van der Waals surface area (Å²) in [6.07, 6.45) is 3.67. The first-order valence-electron chi connectivity index (χ1n) is 7.88. The average Bonchev–Trinajstić information content (AvgIpc) is 2.35. The smallest absolute Gasteiger partial charge is 0.0477 e. The van der Waals surface area contributed by atoms with Crippen LogP contribution in [0.5, 0.6) is 0 Å². The van der Waals surface area contributed by atoms with Crippen LogP contribution in [0.1, 0.15) is 53.9 Å². The van der Waals surface area contributed by atoms with Crippen molar-refractivity contribution in [1.29, 1.82) is 0 Å². The third-order valence-electron chi connectivity index (χ3n) is 4.37. The maximum absolute atomic E-state index is 5.26. The van der Waals surface area contributed by atoms with E-state index in [2.05, 4.69) is 44.8 Å². The van der Waals surface area contributed by atoms with Crippen molar-refractivity contribution in [2.75, 3.05) is 26.8 Å². The van der Waals surface area contributed by atoms with Crippen molar-refractivity contribution >= 4 is 0 Å². The van der Waals surface area contributed by atoms with Crippen LogP contribution in [0.25, 0.3) is 0 Å². The van der Waals surface area contributed by atoms with Gasteiger partial charge in [0.05, 0.1) is 0 Å². The van der Waals surface area contributed by atoms with Crippen LogP contribution < -0.4 is 5.32 Å². The standard InChI is InChI=1S/C16H34N2O/c1-7-8-14-12-18(13(2)9-10-19-6)15(11-17-14)16(3,4)5/h13-15,17H,7-12H2,1-6H3. The van der Waals surface area contributed by atoms with Gasteiger partial charge in [0, 0.05) is 44.9 Å². The van der Waals surface area contributed by atoms with E-state index >= 15 is 0 Å². The van der Waals surface area contributed by atoms with Crippen molar-refractivity contribution in [2.24, 2.45) is 5.41 Å². The second-order valence-corrected chi connectivity index (χ2v) is 7.10. The summed E-state index contributed by atoms with van der Waals surface area (Å²) in [5, 5.41) is 3.74. The lowest BCUT2D eigenvalue weighted by Crippen LogP contribution is -2.62. The molecule has 3 nitrogen and oxygen atoms in total. The quantitative estimate of drug-likeness (QED) is 0.803. The van der Waals surface area contributed by atoms with Crippen molar-refractivity contribution < 1.29 is 4.74 Å². The zero-order valence-corrected chi connectivity index (χ0v) is 13.8. The van der Waals surface area contributed by atoms with Gasteiger partial charge < -0.3 is 10.1 Å². The summed E-state index contributed by atoms with van der Waals surface area (Å²) in [7, 11) is 1.80. The molecule has 1 aliphatic heterocycles. The van der Waals surface area contributed by atoms with E-state index in [1.165, 1.54) is 19.4 Å². The predicted octanol–water partition coefficient (Wildman–Crippen LogP) is 2.90. The lowest BCUT2D eigenvalue weighted by Gasteiger charge is -2.49. The van der Waals surface area contributed by atoms with Crippen molar-refractivity contribution in [3.05, 3.63) is 0 Å². The van der Waals surface area contributed by atoms with Gasteiger partial charge in [-0.25, -0.2) is 0 Å². The second kappa shape index (κ2) is 7.61. The minimum atomic E-state index is 0.325. The summed E-state index contributed by atoms with van der Waals surface area (Å²) in [6, 6.07) is 1.88. The van der Waals surface area contributed by atoms with Gasteiger partial charge in [-0.2, -0.15) is 0 Å². The van der Waals surface area contributed by atoms with Crippen LogP contribution in [-0.4, -0.2) is 49.8 Å². The molecule has 1 heterocycles. The molecule has 0 aliphatic carbocycles.